The number of nitrogens with one attached hydrogen (secondary N) is 1. The maximum absolute atomic E-state index is 12.0. The first-order valence-electron chi connectivity index (χ1n) is 24.6. The fraction of sp³-hybridized carbons (Fsp3) is 0.959. The summed E-state index contributed by atoms with van der Waals surface area (Å²) in [5.41, 5.74) is 0. The van der Waals surface area contributed by atoms with E-state index in [4.69, 9.17) is 5.11 Å². The van der Waals surface area contributed by atoms with Gasteiger partial charge in [0, 0.05) is 12.8 Å². The molecule has 0 aliphatic heterocycles. The van der Waals surface area contributed by atoms with Crippen LogP contribution in [0.15, 0.2) is 0 Å². The first-order valence-corrected chi connectivity index (χ1v) is 24.6. The molecule has 1 amide bonds. The largest absolute Gasteiger partial charge is 0.481 e. The van der Waals surface area contributed by atoms with Crippen LogP contribution in [0.1, 0.15) is 284 Å². The van der Waals surface area contributed by atoms with Gasteiger partial charge in [0.2, 0.25) is 5.91 Å². The van der Waals surface area contributed by atoms with E-state index in [0.717, 1.165) is 25.7 Å². The SMILES string of the molecule is CCCCCCCCCCCCCCCCCCCCCC(=O)NC(CC)N(C)C.CCCCCCCCCCCCCCCCCCCCCC(=O)O. The Morgan fingerprint density at radius 2 is 0.611 bits per heavy atom. The minimum absolute atomic E-state index is 0.179. The number of rotatable bonds is 43. The highest BCUT2D eigenvalue weighted by Gasteiger charge is 2.11. The fourth-order valence-electron chi connectivity index (χ4n) is 7.57. The minimum Gasteiger partial charge on any atom is -0.481 e. The van der Waals surface area contributed by atoms with Crippen LogP contribution in [0.3, 0.4) is 0 Å². The van der Waals surface area contributed by atoms with Gasteiger partial charge in [-0.05, 0) is 33.4 Å². The van der Waals surface area contributed by atoms with Crippen LogP contribution < -0.4 is 5.32 Å². The van der Waals surface area contributed by atoms with Gasteiger partial charge in [-0.3, -0.25) is 14.5 Å². The third-order valence-electron chi connectivity index (χ3n) is 11.3. The van der Waals surface area contributed by atoms with Gasteiger partial charge in [0.25, 0.3) is 0 Å². The van der Waals surface area contributed by atoms with Crippen LogP contribution in [0.2, 0.25) is 0 Å². The number of amides is 1. The quantitative estimate of drug-likeness (QED) is 0.0479. The van der Waals surface area contributed by atoms with Crippen molar-refractivity contribution in [1.29, 1.82) is 0 Å². The van der Waals surface area contributed by atoms with Crippen molar-refractivity contribution in [2.45, 2.75) is 290 Å². The summed E-state index contributed by atoms with van der Waals surface area (Å²) >= 11 is 0. The molecule has 0 radical (unpaired) electrons. The van der Waals surface area contributed by atoms with E-state index in [1.54, 1.807) is 0 Å². The summed E-state index contributed by atoms with van der Waals surface area (Å²) in [6.45, 7) is 6.69. The summed E-state index contributed by atoms with van der Waals surface area (Å²) in [5.74, 6) is -0.440. The third-order valence-corrected chi connectivity index (χ3v) is 11.3. The van der Waals surface area contributed by atoms with Crippen molar-refractivity contribution in [3.63, 3.8) is 0 Å². The fourth-order valence-corrected chi connectivity index (χ4v) is 7.57. The topological polar surface area (TPSA) is 69.6 Å². The van der Waals surface area contributed by atoms with Crippen molar-refractivity contribution in [2.75, 3.05) is 14.1 Å². The Morgan fingerprint density at radius 3 is 0.815 bits per heavy atom. The molecule has 324 valence electrons. The Morgan fingerprint density at radius 1 is 0.389 bits per heavy atom. The number of carbonyl (C=O) groups is 2. The van der Waals surface area contributed by atoms with E-state index in [0.29, 0.717) is 12.8 Å². The molecule has 54 heavy (non-hydrogen) atoms. The molecule has 0 aliphatic rings. The van der Waals surface area contributed by atoms with Crippen LogP contribution in [0, 0.1) is 0 Å². The highest BCUT2D eigenvalue weighted by atomic mass is 16.4. The van der Waals surface area contributed by atoms with Gasteiger partial charge >= 0.3 is 5.97 Å². The zero-order valence-electron chi connectivity index (χ0n) is 37.8. The molecule has 0 aromatic rings. The maximum Gasteiger partial charge on any atom is 0.303 e. The summed E-state index contributed by atoms with van der Waals surface area (Å²) in [5, 5.41) is 11.7. The average Bonchev–Trinajstić information content (AvgIpc) is 3.15. The van der Waals surface area contributed by atoms with Crippen molar-refractivity contribution < 1.29 is 14.7 Å². The number of nitrogens with zero attached hydrogens (tertiary/aromatic N) is 1. The molecule has 0 aromatic carbocycles. The number of carbonyl (C=O) groups excluding carboxylic acids is 1. The van der Waals surface area contributed by atoms with E-state index in [-0.39, 0.29) is 12.1 Å². The van der Waals surface area contributed by atoms with Crippen molar-refractivity contribution in [1.82, 2.24) is 10.2 Å². The van der Waals surface area contributed by atoms with Gasteiger partial charge in [-0.2, -0.15) is 0 Å². The van der Waals surface area contributed by atoms with Gasteiger partial charge in [0.05, 0.1) is 6.17 Å². The zero-order chi connectivity index (χ0) is 40.0. The van der Waals surface area contributed by atoms with Crippen LogP contribution >= 0.6 is 0 Å². The molecule has 0 heterocycles. The normalized spacial score (nSPS) is 11.8. The highest BCUT2D eigenvalue weighted by molar-refractivity contribution is 5.76. The van der Waals surface area contributed by atoms with Crippen molar-refractivity contribution in [3.8, 4) is 0 Å². The van der Waals surface area contributed by atoms with E-state index in [9.17, 15) is 9.59 Å². The van der Waals surface area contributed by atoms with Crippen LogP contribution in [-0.2, 0) is 9.59 Å². The smallest absolute Gasteiger partial charge is 0.303 e. The highest BCUT2D eigenvalue weighted by Crippen LogP contribution is 2.16. The van der Waals surface area contributed by atoms with Gasteiger partial charge in [-0.25, -0.2) is 0 Å². The van der Waals surface area contributed by atoms with Crippen molar-refractivity contribution >= 4 is 11.9 Å². The molecule has 0 fully saturated rings. The standard InChI is InChI=1S/C27H56N2O.C22H44O2/c1-5-7-8-9-10-11-12-13-14-15-16-17-18-19-20-21-22-23-24-25-27(30)28-26(6-2)29(3)4;1-2-3-4-5-6-7-8-9-10-11-12-13-14-15-16-17-18-19-20-21-22(23)24/h26H,5-25H2,1-4H3,(H,28,30);2-21H2,1H3,(H,23,24). The number of carboxylic acids is 1. The lowest BCUT2D eigenvalue weighted by Gasteiger charge is -2.23. The first-order chi connectivity index (χ1) is 26.4. The monoisotopic (exact) mass is 765 g/mol. The molecule has 0 saturated heterocycles. The van der Waals surface area contributed by atoms with Crippen LogP contribution in [-0.4, -0.2) is 42.1 Å². The molecule has 0 aliphatic carbocycles. The lowest BCUT2D eigenvalue weighted by molar-refractivity contribution is -0.137. The average molecular weight is 765 g/mol. The Bertz CT molecular complexity index is 728. The predicted octanol–water partition coefficient (Wildman–Crippen LogP) is 16.1. The number of carboxylic acid groups (broad SMARTS) is 1. The van der Waals surface area contributed by atoms with E-state index in [2.05, 4.69) is 31.0 Å². The second kappa shape index (κ2) is 48.0. The second-order valence-electron chi connectivity index (χ2n) is 17.1. The van der Waals surface area contributed by atoms with Crippen LogP contribution in [0.4, 0.5) is 0 Å². The Hall–Kier alpha value is -1.10. The van der Waals surface area contributed by atoms with Crippen molar-refractivity contribution in [2.24, 2.45) is 0 Å². The number of aliphatic carboxylic acids is 1. The lowest BCUT2D eigenvalue weighted by Crippen LogP contribution is -2.44. The molecule has 0 saturated carbocycles. The number of hydrogen-bond acceptors (Lipinski definition) is 3. The Labute approximate surface area is 340 Å². The molecule has 1 atom stereocenters. The number of hydrogen-bond donors (Lipinski definition) is 2. The Balaban J connectivity index is 0. The lowest BCUT2D eigenvalue weighted by atomic mass is 10.0. The minimum atomic E-state index is -0.651. The van der Waals surface area contributed by atoms with Crippen LogP contribution in [0.25, 0.3) is 0 Å². The van der Waals surface area contributed by atoms with E-state index in [1.165, 1.54) is 225 Å². The predicted molar refractivity (Wildman–Crippen MR) is 240 cm³/mol. The van der Waals surface area contributed by atoms with Gasteiger partial charge in [-0.15, -0.1) is 0 Å². The van der Waals surface area contributed by atoms with Gasteiger partial charge in [0.15, 0.2) is 0 Å². The summed E-state index contributed by atoms with van der Waals surface area (Å²) in [6, 6.07) is 0. The van der Waals surface area contributed by atoms with Gasteiger partial charge in [-0.1, -0.05) is 252 Å². The molecular formula is C49H100N2O3. The first kappa shape index (κ1) is 55.0. The molecule has 5 nitrogen and oxygen atoms in total. The molecule has 0 rings (SSSR count). The summed E-state index contributed by atoms with van der Waals surface area (Å²) in [6.07, 6.45) is 54.3. The second-order valence-corrected chi connectivity index (χ2v) is 17.1. The van der Waals surface area contributed by atoms with Crippen molar-refractivity contribution in [3.05, 3.63) is 0 Å². The zero-order valence-corrected chi connectivity index (χ0v) is 37.8. The Kier molecular flexibility index (Phi) is 48.9. The third kappa shape index (κ3) is 48.9. The summed E-state index contributed by atoms with van der Waals surface area (Å²) in [4.78, 5) is 24.4. The van der Waals surface area contributed by atoms with E-state index >= 15 is 0 Å². The molecule has 5 heteroatoms. The maximum atomic E-state index is 12.0. The number of unbranched alkanes of at least 4 members (excludes halogenated alkanes) is 36. The molecule has 0 bridgehead atoms. The molecular weight excluding hydrogens is 665 g/mol. The van der Waals surface area contributed by atoms with Gasteiger partial charge < -0.3 is 10.4 Å². The van der Waals surface area contributed by atoms with Gasteiger partial charge in [0.1, 0.15) is 0 Å². The summed E-state index contributed by atoms with van der Waals surface area (Å²) < 4.78 is 0. The summed E-state index contributed by atoms with van der Waals surface area (Å²) in [7, 11) is 4.04. The van der Waals surface area contributed by atoms with E-state index in [1.807, 2.05) is 14.1 Å². The molecule has 1 unspecified atom stereocenters. The van der Waals surface area contributed by atoms with Crippen LogP contribution in [0.5, 0.6) is 0 Å². The molecule has 0 aromatic heterocycles. The van der Waals surface area contributed by atoms with E-state index < -0.39 is 5.97 Å². The molecule has 2 N–H and O–H groups in total. The molecule has 0 spiro atoms.